The van der Waals surface area contributed by atoms with E-state index in [-0.39, 0.29) is 0 Å². The summed E-state index contributed by atoms with van der Waals surface area (Å²) in [7, 11) is 0. The first-order chi connectivity index (χ1) is 23.7. The van der Waals surface area contributed by atoms with Crippen LogP contribution in [0.2, 0.25) is 0 Å². The van der Waals surface area contributed by atoms with E-state index in [0.717, 1.165) is 11.4 Å². The van der Waals surface area contributed by atoms with Crippen molar-refractivity contribution in [1.82, 2.24) is 4.57 Å². The van der Waals surface area contributed by atoms with Crippen molar-refractivity contribution in [2.45, 2.75) is 6.92 Å². The van der Waals surface area contributed by atoms with Crippen molar-refractivity contribution in [2.24, 2.45) is 0 Å². The molecule has 0 aliphatic carbocycles. The number of aromatic nitrogens is 1. The monoisotopic (exact) mass is 611 g/mol. The SMILES string of the molecule is C=Cc1c(-c2ccc(-c3ccc4cc(-c5cccc6ccccc56)ccc4c3)cc2C)c2ccccc2n1-c1ccc2ccccc2c1. The van der Waals surface area contributed by atoms with Crippen molar-refractivity contribution in [3.05, 3.63) is 182 Å². The minimum Gasteiger partial charge on any atom is -0.309 e. The van der Waals surface area contributed by atoms with E-state index < -0.39 is 0 Å². The number of rotatable bonds is 5. The second-order valence-electron chi connectivity index (χ2n) is 12.7. The van der Waals surface area contributed by atoms with Crippen LogP contribution in [0, 0.1) is 6.92 Å². The summed E-state index contributed by atoms with van der Waals surface area (Å²) in [6, 6.07) is 59.6. The van der Waals surface area contributed by atoms with E-state index >= 15 is 0 Å². The molecule has 8 aromatic carbocycles. The average molecular weight is 612 g/mol. The van der Waals surface area contributed by atoms with Crippen LogP contribution >= 0.6 is 0 Å². The second kappa shape index (κ2) is 11.3. The lowest BCUT2D eigenvalue weighted by Gasteiger charge is -2.13. The Labute approximate surface area is 280 Å². The van der Waals surface area contributed by atoms with Gasteiger partial charge in [0.1, 0.15) is 0 Å². The first-order valence-corrected chi connectivity index (χ1v) is 16.5. The molecule has 1 heteroatoms. The lowest BCUT2D eigenvalue weighted by atomic mass is 9.92. The third-order valence-electron chi connectivity index (χ3n) is 9.87. The van der Waals surface area contributed by atoms with E-state index in [2.05, 4.69) is 182 Å². The molecule has 1 heterocycles. The number of para-hydroxylation sites is 1. The highest BCUT2D eigenvalue weighted by atomic mass is 15.0. The molecule has 0 amide bonds. The highest BCUT2D eigenvalue weighted by Crippen LogP contribution is 2.41. The van der Waals surface area contributed by atoms with Gasteiger partial charge in [0.2, 0.25) is 0 Å². The third-order valence-corrected chi connectivity index (χ3v) is 9.87. The number of hydrogen-bond donors (Lipinski definition) is 0. The molecule has 0 unspecified atom stereocenters. The zero-order valence-corrected chi connectivity index (χ0v) is 26.8. The predicted molar refractivity (Wildman–Crippen MR) is 207 cm³/mol. The Kier molecular flexibility index (Phi) is 6.59. The number of hydrogen-bond acceptors (Lipinski definition) is 0. The molecule has 0 aliphatic rings. The number of nitrogens with zero attached hydrogens (tertiary/aromatic N) is 1. The van der Waals surface area contributed by atoms with Crippen LogP contribution in [0.5, 0.6) is 0 Å². The zero-order valence-electron chi connectivity index (χ0n) is 26.8. The minimum absolute atomic E-state index is 1.11. The number of benzene rings is 8. The molecule has 9 aromatic rings. The Morgan fingerprint density at radius 1 is 0.458 bits per heavy atom. The summed E-state index contributed by atoms with van der Waals surface area (Å²) in [6.45, 7) is 6.53. The van der Waals surface area contributed by atoms with Gasteiger partial charge >= 0.3 is 0 Å². The van der Waals surface area contributed by atoms with Crippen molar-refractivity contribution in [3.63, 3.8) is 0 Å². The molecule has 0 N–H and O–H groups in total. The fraction of sp³-hybridized carbons (Fsp3) is 0.0213. The lowest BCUT2D eigenvalue weighted by Crippen LogP contribution is -1.97. The predicted octanol–water partition coefficient (Wildman–Crippen LogP) is 13.0. The lowest BCUT2D eigenvalue weighted by molar-refractivity contribution is 1.11. The summed E-state index contributed by atoms with van der Waals surface area (Å²) >= 11 is 0. The summed E-state index contributed by atoms with van der Waals surface area (Å²) in [5.41, 5.74) is 12.1. The van der Waals surface area contributed by atoms with Gasteiger partial charge in [0, 0.05) is 16.6 Å². The molecule has 9 rings (SSSR count). The molecule has 1 nitrogen and oxygen atoms in total. The Morgan fingerprint density at radius 2 is 1.06 bits per heavy atom. The molecule has 0 saturated carbocycles. The van der Waals surface area contributed by atoms with Crippen LogP contribution in [0.3, 0.4) is 0 Å². The Balaban J connectivity index is 1.12. The normalized spacial score (nSPS) is 11.5. The molecule has 0 radical (unpaired) electrons. The molecule has 0 saturated heterocycles. The summed E-state index contributed by atoms with van der Waals surface area (Å²) in [6.07, 6.45) is 2.01. The molecule has 0 fully saturated rings. The van der Waals surface area contributed by atoms with Crippen LogP contribution in [0.4, 0.5) is 0 Å². The maximum atomic E-state index is 4.30. The van der Waals surface area contributed by atoms with Crippen LogP contribution < -0.4 is 0 Å². The van der Waals surface area contributed by atoms with Crippen molar-refractivity contribution >= 4 is 49.3 Å². The minimum atomic E-state index is 1.11. The molecule has 0 aliphatic heterocycles. The van der Waals surface area contributed by atoms with Gasteiger partial charge in [0.15, 0.2) is 0 Å². The maximum absolute atomic E-state index is 4.30. The first kappa shape index (κ1) is 28.1. The van der Waals surface area contributed by atoms with Crippen molar-refractivity contribution in [1.29, 1.82) is 0 Å². The van der Waals surface area contributed by atoms with Gasteiger partial charge in [-0.1, -0.05) is 140 Å². The van der Waals surface area contributed by atoms with Crippen LogP contribution in [0.1, 0.15) is 11.3 Å². The smallest absolute Gasteiger partial charge is 0.0541 e. The summed E-state index contributed by atoms with van der Waals surface area (Å²) < 4.78 is 2.35. The van der Waals surface area contributed by atoms with E-state index in [0.29, 0.717) is 0 Å². The molecule has 0 bridgehead atoms. The van der Waals surface area contributed by atoms with Gasteiger partial charge < -0.3 is 4.57 Å². The largest absolute Gasteiger partial charge is 0.309 e. The van der Waals surface area contributed by atoms with Gasteiger partial charge in [-0.05, 0) is 109 Å². The number of fused-ring (bicyclic) bond motifs is 4. The van der Waals surface area contributed by atoms with Crippen molar-refractivity contribution < 1.29 is 0 Å². The Morgan fingerprint density at radius 3 is 1.88 bits per heavy atom. The van der Waals surface area contributed by atoms with Crippen LogP contribution in [-0.4, -0.2) is 4.57 Å². The van der Waals surface area contributed by atoms with Gasteiger partial charge in [0.05, 0.1) is 11.2 Å². The van der Waals surface area contributed by atoms with Gasteiger partial charge in [-0.25, -0.2) is 0 Å². The van der Waals surface area contributed by atoms with Crippen molar-refractivity contribution in [2.75, 3.05) is 0 Å². The molecule has 0 atom stereocenters. The molecule has 226 valence electrons. The van der Waals surface area contributed by atoms with Gasteiger partial charge in [-0.3, -0.25) is 0 Å². The van der Waals surface area contributed by atoms with Crippen molar-refractivity contribution in [3.8, 4) is 39.1 Å². The fourth-order valence-electron chi connectivity index (χ4n) is 7.52. The van der Waals surface area contributed by atoms with Crippen LogP contribution in [0.15, 0.2) is 170 Å². The van der Waals surface area contributed by atoms with E-state index in [1.165, 1.54) is 82.2 Å². The van der Waals surface area contributed by atoms with Crippen LogP contribution in [-0.2, 0) is 0 Å². The Hall–Kier alpha value is -6.18. The summed E-state index contributed by atoms with van der Waals surface area (Å²) in [5.74, 6) is 0. The van der Waals surface area contributed by atoms with Crippen LogP contribution in [0.25, 0.3) is 88.4 Å². The van der Waals surface area contributed by atoms with Gasteiger partial charge in [-0.2, -0.15) is 0 Å². The molecule has 48 heavy (non-hydrogen) atoms. The topological polar surface area (TPSA) is 4.93 Å². The molecule has 1 aromatic heterocycles. The second-order valence-corrected chi connectivity index (χ2v) is 12.7. The van der Waals surface area contributed by atoms with Gasteiger partial charge in [0.25, 0.3) is 0 Å². The maximum Gasteiger partial charge on any atom is 0.0541 e. The zero-order chi connectivity index (χ0) is 32.2. The van der Waals surface area contributed by atoms with E-state index in [4.69, 9.17) is 0 Å². The molecular formula is C47H33N. The number of aryl methyl sites for hydroxylation is 1. The average Bonchev–Trinajstić information content (AvgIpc) is 3.48. The quantitative estimate of drug-likeness (QED) is 0.182. The summed E-state index contributed by atoms with van der Waals surface area (Å²) in [5, 5.41) is 8.73. The first-order valence-electron chi connectivity index (χ1n) is 16.5. The van der Waals surface area contributed by atoms with E-state index in [1.54, 1.807) is 0 Å². The van der Waals surface area contributed by atoms with E-state index in [9.17, 15) is 0 Å². The van der Waals surface area contributed by atoms with E-state index in [1.807, 2.05) is 6.08 Å². The fourth-order valence-corrected chi connectivity index (χ4v) is 7.52. The third kappa shape index (κ3) is 4.55. The highest BCUT2D eigenvalue weighted by molar-refractivity contribution is 6.04. The molecular weight excluding hydrogens is 579 g/mol. The van der Waals surface area contributed by atoms with Gasteiger partial charge in [-0.15, -0.1) is 0 Å². The highest BCUT2D eigenvalue weighted by Gasteiger charge is 2.19. The Bertz CT molecular complexity index is 2700. The molecule has 0 spiro atoms. The standard InChI is InChI=1S/C47H33N/c1-3-45-47(44-16-8-9-18-46(44)48(45)40-25-23-32-11-4-5-13-34(32)30-40)41-26-24-35(27-31(41)2)36-19-20-38-29-39(22-21-37(38)28-36)43-17-10-14-33-12-6-7-15-42(33)43/h3-30H,1H2,2H3. The summed E-state index contributed by atoms with van der Waals surface area (Å²) in [4.78, 5) is 0.